The molecule has 2 aromatic heterocycles. The number of nitrogens with zero attached hydrogens (tertiary/aromatic N) is 3. The highest BCUT2D eigenvalue weighted by Crippen LogP contribution is 2.20. The Morgan fingerprint density at radius 1 is 1.56 bits per heavy atom. The van der Waals surface area contributed by atoms with Crippen molar-refractivity contribution < 1.29 is 4.52 Å². The van der Waals surface area contributed by atoms with Crippen LogP contribution in [0.15, 0.2) is 16.8 Å². The van der Waals surface area contributed by atoms with Crippen LogP contribution < -0.4 is 0 Å². The summed E-state index contributed by atoms with van der Waals surface area (Å²) < 4.78 is 5.16. The number of thioether (sulfide) groups is 1. The Bertz CT molecular complexity index is 552. The molecule has 0 unspecified atom stereocenters. The number of aromatic nitrogens is 3. The maximum absolute atomic E-state index is 8.72. The summed E-state index contributed by atoms with van der Waals surface area (Å²) in [7, 11) is 0. The third-order valence-electron chi connectivity index (χ3n) is 2.20. The summed E-state index contributed by atoms with van der Waals surface area (Å²) in [6.45, 7) is 4.36. The molecule has 0 aliphatic rings. The Labute approximate surface area is 110 Å². The van der Waals surface area contributed by atoms with Gasteiger partial charge in [0.2, 0.25) is 0 Å². The van der Waals surface area contributed by atoms with E-state index in [1.54, 1.807) is 24.0 Å². The van der Waals surface area contributed by atoms with E-state index < -0.39 is 0 Å². The smallest absolute Gasteiger partial charge is 0.259 e. The molecular weight excluding hydrogens is 248 g/mol. The van der Waals surface area contributed by atoms with Gasteiger partial charge in [-0.1, -0.05) is 19.0 Å². The summed E-state index contributed by atoms with van der Waals surface area (Å²) in [6, 6.07) is 3.71. The minimum Gasteiger partial charge on any atom is -0.352 e. The largest absolute Gasteiger partial charge is 0.352 e. The molecule has 0 saturated carbocycles. The van der Waals surface area contributed by atoms with Gasteiger partial charge in [0.1, 0.15) is 11.8 Å². The number of nitrogens with one attached hydrogen (secondary N) is 1. The second-order valence-corrected chi connectivity index (χ2v) is 5.37. The van der Waals surface area contributed by atoms with E-state index in [9.17, 15) is 0 Å². The first kappa shape index (κ1) is 12.7. The molecule has 0 fully saturated rings. The lowest BCUT2D eigenvalue weighted by Crippen LogP contribution is -1.92. The first-order valence-electron chi connectivity index (χ1n) is 5.68. The maximum atomic E-state index is 8.72. The van der Waals surface area contributed by atoms with Gasteiger partial charge >= 0.3 is 0 Å². The van der Waals surface area contributed by atoms with Crippen molar-refractivity contribution >= 4 is 11.8 Å². The van der Waals surface area contributed by atoms with Gasteiger partial charge < -0.3 is 9.51 Å². The molecule has 94 valence electrons. The monoisotopic (exact) mass is 262 g/mol. The highest BCUT2D eigenvalue weighted by atomic mass is 32.2. The molecule has 2 rings (SSSR count). The van der Waals surface area contributed by atoms with E-state index in [0.717, 1.165) is 17.1 Å². The lowest BCUT2D eigenvalue weighted by Gasteiger charge is -2.00. The van der Waals surface area contributed by atoms with Gasteiger partial charge in [0.05, 0.1) is 11.3 Å². The van der Waals surface area contributed by atoms with Crippen LogP contribution in [0.25, 0.3) is 11.5 Å². The SMILES string of the molecule is CC(C)CSCc1noc(-c2c[nH]c(C#N)c2)n1. The summed E-state index contributed by atoms with van der Waals surface area (Å²) in [4.78, 5) is 7.12. The number of rotatable bonds is 5. The van der Waals surface area contributed by atoms with E-state index in [0.29, 0.717) is 23.3 Å². The third-order valence-corrected chi connectivity index (χ3v) is 3.57. The molecule has 6 heteroatoms. The zero-order valence-electron chi connectivity index (χ0n) is 10.3. The lowest BCUT2D eigenvalue weighted by atomic mass is 10.3. The second-order valence-electron chi connectivity index (χ2n) is 4.34. The Hall–Kier alpha value is -1.74. The lowest BCUT2D eigenvalue weighted by molar-refractivity contribution is 0.425. The van der Waals surface area contributed by atoms with Crippen molar-refractivity contribution in [2.45, 2.75) is 19.6 Å². The average Bonchev–Trinajstić information content (AvgIpc) is 2.95. The summed E-state index contributed by atoms with van der Waals surface area (Å²) >= 11 is 1.79. The zero-order chi connectivity index (χ0) is 13.0. The fraction of sp³-hybridized carbons (Fsp3) is 0.417. The molecule has 18 heavy (non-hydrogen) atoms. The molecule has 0 amide bonds. The zero-order valence-corrected chi connectivity index (χ0v) is 11.1. The maximum Gasteiger partial charge on any atom is 0.259 e. The Balaban J connectivity index is 1.99. The van der Waals surface area contributed by atoms with Crippen molar-refractivity contribution in [3.05, 3.63) is 23.8 Å². The van der Waals surface area contributed by atoms with Crippen LogP contribution >= 0.6 is 11.8 Å². The molecule has 1 N–H and O–H groups in total. The van der Waals surface area contributed by atoms with Gasteiger partial charge in [-0.2, -0.15) is 22.0 Å². The van der Waals surface area contributed by atoms with E-state index in [2.05, 4.69) is 29.0 Å². The minimum absolute atomic E-state index is 0.452. The summed E-state index contributed by atoms with van der Waals surface area (Å²) in [5, 5.41) is 12.6. The summed E-state index contributed by atoms with van der Waals surface area (Å²) in [5.41, 5.74) is 1.23. The predicted octanol–water partition coefficient (Wildman–Crippen LogP) is 2.83. The van der Waals surface area contributed by atoms with E-state index in [1.807, 2.05) is 6.07 Å². The van der Waals surface area contributed by atoms with Gasteiger partial charge in [-0.15, -0.1) is 0 Å². The molecule has 0 radical (unpaired) electrons. The van der Waals surface area contributed by atoms with Crippen molar-refractivity contribution in [3.63, 3.8) is 0 Å². The minimum atomic E-state index is 0.452. The number of hydrogen-bond donors (Lipinski definition) is 1. The van der Waals surface area contributed by atoms with Crippen LogP contribution in [0.2, 0.25) is 0 Å². The van der Waals surface area contributed by atoms with E-state index in [1.165, 1.54) is 0 Å². The van der Waals surface area contributed by atoms with Crippen molar-refractivity contribution in [2.24, 2.45) is 5.92 Å². The Morgan fingerprint density at radius 2 is 2.39 bits per heavy atom. The summed E-state index contributed by atoms with van der Waals surface area (Å²) in [5.74, 6) is 3.62. The molecule has 2 aromatic rings. The highest BCUT2D eigenvalue weighted by molar-refractivity contribution is 7.98. The van der Waals surface area contributed by atoms with Gasteiger partial charge in [-0.3, -0.25) is 0 Å². The van der Waals surface area contributed by atoms with Gasteiger partial charge in [0.25, 0.3) is 5.89 Å². The molecule has 0 aliphatic carbocycles. The van der Waals surface area contributed by atoms with E-state index in [-0.39, 0.29) is 0 Å². The van der Waals surface area contributed by atoms with E-state index in [4.69, 9.17) is 9.78 Å². The van der Waals surface area contributed by atoms with Crippen molar-refractivity contribution in [3.8, 4) is 17.5 Å². The molecule has 0 spiro atoms. The van der Waals surface area contributed by atoms with Crippen molar-refractivity contribution in [1.29, 1.82) is 5.26 Å². The third kappa shape index (κ3) is 3.14. The van der Waals surface area contributed by atoms with Gasteiger partial charge in [-0.25, -0.2) is 0 Å². The first-order valence-corrected chi connectivity index (χ1v) is 6.83. The van der Waals surface area contributed by atoms with Gasteiger partial charge in [0.15, 0.2) is 5.82 Å². The quantitative estimate of drug-likeness (QED) is 0.896. The second kappa shape index (κ2) is 5.74. The van der Waals surface area contributed by atoms with Crippen LogP contribution in [0.5, 0.6) is 0 Å². The fourth-order valence-corrected chi connectivity index (χ4v) is 2.29. The Kier molecular flexibility index (Phi) is 4.05. The molecule has 0 saturated heterocycles. The molecule has 2 heterocycles. The summed E-state index contributed by atoms with van der Waals surface area (Å²) in [6.07, 6.45) is 1.69. The molecule has 0 aromatic carbocycles. The van der Waals surface area contributed by atoms with E-state index >= 15 is 0 Å². The first-order chi connectivity index (χ1) is 8.69. The molecular formula is C12H14N4OS. The fourth-order valence-electron chi connectivity index (χ4n) is 1.40. The predicted molar refractivity (Wildman–Crippen MR) is 69.8 cm³/mol. The van der Waals surface area contributed by atoms with Crippen molar-refractivity contribution in [1.82, 2.24) is 15.1 Å². The van der Waals surface area contributed by atoms with Crippen molar-refractivity contribution in [2.75, 3.05) is 5.75 Å². The Morgan fingerprint density at radius 3 is 3.06 bits per heavy atom. The number of hydrogen-bond acceptors (Lipinski definition) is 5. The number of nitriles is 1. The van der Waals surface area contributed by atoms with Gasteiger partial charge in [-0.05, 0) is 17.7 Å². The van der Waals surface area contributed by atoms with Crippen LogP contribution in [0.3, 0.4) is 0 Å². The highest BCUT2D eigenvalue weighted by Gasteiger charge is 2.10. The molecule has 5 nitrogen and oxygen atoms in total. The molecule has 0 aliphatic heterocycles. The van der Waals surface area contributed by atoms with Crippen LogP contribution in [0.1, 0.15) is 25.4 Å². The van der Waals surface area contributed by atoms with Crippen LogP contribution in [0, 0.1) is 17.2 Å². The van der Waals surface area contributed by atoms with Crippen LogP contribution in [-0.4, -0.2) is 20.9 Å². The standard InChI is InChI=1S/C12H14N4OS/c1-8(2)6-18-7-11-15-12(17-16-11)9-3-10(4-13)14-5-9/h3,5,8,14H,6-7H2,1-2H3. The average molecular weight is 262 g/mol. The number of H-pyrrole nitrogens is 1. The molecule has 0 atom stereocenters. The van der Waals surface area contributed by atoms with Gasteiger partial charge in [0, 0.05) is 6.20 Å². The number of aromatic amines is 1. The topological polar surface area (TPSA) is 78.5 Å². The van der Waals surface area contributed by atoms with Crippen LogP contribution in [-0.2, 0) is 5.75 Å². The normalized spacial score (nSPS) is 10.8. The van der Waals surface area contributed by atoms with Crippen LogP contribution in [0.4, 0.5) is 0 Å². The molecule has 0 bridgehead atoms.